The first-order chi connectivity index (χ1) is 10.9. The lowest BCUT2D eigenvalue weighted by atomic mass is 10.1. The molecule has 120 valence electrons. The van der Waals surface area contributed by atoms with Crippen LogP contribution in [0.25, 0.3) is 0 Å². The molecule has 2 aromatic rings. The molecule has 2 aromatic carbocycles. The van der Waals surface area contributed by atoms with Gasteiger partial charge in [0.1, 0.15) is 11.9 Å². The summed E-state index contributed by atoms with van der Waals surface area (Å²) in [6.45, 7) is 1.46. The van der Waals surface area contributed by atoms with Crippen LogP contribution in [-0.2, 0) is 4.74 Å². The lowest BCUT2D eigenvalue weighted by Crippen LogP contribution is -2.13. The van der Waals surface area contributed by atoms with Gasteiger partial charge in [-0.2, -0.15) is 0 Å². The van der Waals surface area contributed by atoms with Crippen LogP contribution in [0.4, 0.5) is 19.3 Å². The van der Waals surface area contributed by atoms with Gasteiger partial charge in [0.15, 0.2) is 11.6 Å². The standard InChI is InChI=1S/C15H11F2NO5/c1-9(10-2-7-13(16)14(17)8-10)22-15(19)23-12-5-3-11(4-6-12)18(20)21/h2-9H,1H3/t9-/m1/s1. The predicted molar refractivity (Wildman–Crippen MR) is 75.0 cm³/mol. The molecule has 0 aliphatic carbocycles. The first kappa shape index (κ1) is 16.3. The summed E-state index contributed by atoms with van der Waals surface area (Å²) in [5, 5.41) is 10.5. The molecule has 0 aliphatic heterocycles. The topological polar surface area (TPSA) is 78.7 Å². The SMILES string of the molecule is C[C@@H](OC(=O)Oc1ccc([N+](=O)[O-])cc1)c1ccc(F)c(F)c1. The van der Waals surface area contributed by atoms with E-state index in [2.05, 4.69) is 0 Å². The summed E-state index contributed by atoms with van der Waals surface area (Å²) < 4.78 is 35.7. The Labute approximate surface area is 129 Å². The molecule has 0 unspecified atom stereocenters. The Morgan fingerprint density at radius 1 is 1.13 bits per heavy atom. The molecule has 0 saturated heterocycles. The molecule has 6 nitrogen and oxygen atoms in total. The molecule has 0 aliphatic rings. The highest BCUT2D eigenvalue weighted by Crippen LogP contribution is 2.22. The molecule has 0 N–H and O–H groups in total. The fourth-order valence-corrected chi connectivity index (χ4v) is 1.73. The summed E-state index contributed by atoms with van der Waals surface area (Å²) in [6.07, 6.45) is -1.94. The van der Waals surface area contributed by atoms with Crippen molar-refractivity contribution in [3.63, 3.8) is 0 Å². The fraction of sp³-hybridized carbons (Fsp3) is 0.133. The van der Waals surface area contributed by atoms with Crippen LogP contribution < -0.4 is 4.74 Å². The van der Waals surface area contributed by atoms with Crippen LogP contribution in [-0.4, -0.2) is 11.1 Å². The lowest BCUT2D eigenvalue weighted by molar-refractivity contribution is -0.384. The van der Waals surface area contributed by atoms with Crippen molar-refractivity contribution in [3.05, 3.63) is 69.8 Å². The molecule has 0 spiro atoms. The van der Waals surface area contributed by atoms with Crippen molar-refractivity contribution in [3.8, 4) is 5.75 Å². The van der Waals surface area contributed by atoms with Crippen LogP contribution in [0, 0.1) is 21.7 Å². The van der Waals surface area contributed by atoms with Crippen LogP contribution in [0.15, 0.2) is 42.5 Å². The number of carbonyl (C=O) groups excluding carboxylic acids is 1. The zero-order valence-corrected chi connectivity index (χ0v) is 11.9. The Hall–Kier alpha value is -3.03. The van der Waals surface area contributed by atoms with E-state index < -0.39 is 28.8 Å². The Morgan fingerprint density at radius 2 is 1.78 bits per heavy atom. The molecule has 23 heavy (non-hydrogen) atoms. The van der Waals surface area contributed by atoms with Crippen molar-refractivity contribution in [2.45, 2.75) is 13.0 Å². The van der Waals surface area contributed by atoms with Crippen LogP contribution in [0.3, 0.4) is 0 Å². The highest BCUT2D eigenvalue weighted by molar-refractivity contribution is 5.64. The summed E-state index contributed by atoms with van der Waals surface area (Å²) in [6, 6.07) is 7.93. The molecule has 0 heterocycles. The molecule has 0 bridgehead atoms. The molecule has 2 rings (SSSR count). The van der Waals surface area contributed by atoms with E-state index in [1.807, 2.05) is 0 Å². The first-order valence-electron chi connectivity index (χ1n) is 6.44. The highest BCUT2D eigenvalue weighted by Gasteiger charge is 2.16. The van der Waals surface area contributed by atoms with Gasteiger partial charge in [0.2, 0.25) is 0 Å². The maximum Gasteiger partial charge on any atom is 0.514 e. The number of nitro groups is 1. The number of nitro benzene ring substituents is 1. The fourth-order valence-electron chi connectivity index (χ4n) is 1.73. The molecular weight excluding hydrogens is 312 g/mol. The molecule has 0 fully saturated rings. The summed E-state index contributed by atoms with van der Waals surface area (Å²) in [7, 11) is 0. The van der Waals surface area contributed by atoms with E-state index >= 15 is 0 Å². The van der Waals surface area contributed by atoms with Crippen LogP contribution in [0.5, 0.6) is 5.75 Å². The zero-order valence-electron chi connectivity index (χ0n) is 11.9. The largest absolute Gasteiger partial charge is 0.514 e. The minimum atomic E-state index is -1.07. The second-order valence-corrected chi connectivity index (χ2v) is 4.54. The summed E-state index contributed by atoms with van der Waals surface area (Å²) in [5.41, 5.74) is 0.102. The van der Waals surface area contributed by atoms with E-state index in [9.17, 15) is 23.7 Å². The van der Waals surface area contributed by atoms with Crippen molar-refractivity contribution in [1.82, 2.24) is 0 Å². The van der Waals surface area contributed by atoms with E-state index in [1.165, 1.54) is 37.3 Å². The van der Waals surface area contributed by atoms with E-state index in [1.54, 1.807) is 0 Å². The van der Waals surface area contributed by atoms with Crippen molar-refractivity contribution >= 4 is 11.8 Å². The number of nitrogens with zero attached hydrogens (tertiary/aromatic N) is 1. The Kier molecular flexibility index (Phi) is 4.85. The molecule has 0 saturated carbocycles. The van der Waals surface area contributed by atoms with E-state index in [-0.39, 0.29) is 17.0 Å². The van der Waals surface area contributed by atoms with Crippen molar-refractivity contribution < 1.29 is 28.0 Å². The second kappa shape index (κ2) is 6.82. The number of ether oxygens (including phenoxy) is 2. The van der Waals surface area contributed by atoms with Gasteiger partial charge in [0.25, 0.3) is 5.69 Å². The van der Waals surface area contributed by atoms with Gasteiger partial charge in [-0.1, -0.05) is 6.07 Å². The number of rotatable bonds is 4. The van der Waals surface area contributed by atoms with Crippen LogP contribution >= 0.6 is 0 Å². The van der Waals surface area contributed by atoms with Gasteiger partial charge in [-0.25, -0.2) is 13.6 Å². The average Bonchev–Trinajstić information content (AvgIpc) is 2.50. The van der Waals surface area contributed by atoms with E-state index in [0.717, 1.165) is 12.1 Å². The Morgan fingerprint density at radius 3 is 2.35 bits per heavy atom. The number of hydrogen-bond donors (Lipinski definition) is 0. The quantitative estimate of drug-likeness (QED) is 0.365. The first-order valence-corrected chi connectivity index (χ1v) is 6.44. The third kappa shape index (κ3) is 4.22. The van der Waals surface area contributed by atoms with Gasteiger partial charge in [-0.3, -0.25) is 10.1 Å². The number of hydrogen-bond acceptors (Lipinski definition) is 5. The summed E-state index contributed by atoms with van der Waals surface area (Å²) in [4.78, 5) is 21.5. The number of non-ortho nitro benzene ring substituents is 1. The van der Waals surface area contributed by atoms with Crippen molar-refractivity contribution in [2.24, 2.45) is 0 Å². The van der Waals surface area contributed by atoms with E-state index in [0.29, 0.717) is 0 Å². The van der Waals surface area contributed by atoms with Gasteiger partial charge in [0.05, 0.1) is 4.92 Å². The molecule has 8 heteroatoms. The minimum absolute atomic E-state index is 0.0538. The highest BCUT2D eigenvalue weighted by atomic mass is 19.2. The maximum absolute atomic E-state index is 13.1. The molecule has 1 atom stereocenters. The predicted octanol–water partition coefficient (Wildman–Crippen LogP) is 4.15. The minimum Gasteiger partial charge on any atom is -0.426 e. The third-order valence-corrected chi connectivity index (χ3v) is 2.93. The van der Waals surface area contributed by atoms with E-state index in [4.69, 9.17) is 9.47 Å². The summed E-state index contributed by atoms with van der Waals surface area (Å²) in [5.74, 6) is -2.01. The van der Waals surface area contributed by atoms with Crippen LogP contribution in [0.2, 0.25) is 0 Å². The van der Waals surface area contributed by atoms with Crippen molar-refractivity contribution in [2.75, 3.05) is 0 Å². The zero-order chi connectivity index (χ0) is 17.0. The molecule has 0 radical (unpaired) electrons. The number of benzene rings is 2. The molecule has 0 amide bonds. The smallest absolute Gasteiger partial charge is 0.426 e. The monoisotopic (exact) mass is 323 g/mol. The number of halogens is 2. The maximum atomic E-state index is 13.1. The molecular formula is C15H11F2NO5. The average molecular weight is 323 g/mol. The number of carbonyl (C=O) groups is 1. The van der Waals surface area contributed by atoms with Gasteiger partial charge in [-0.05, 0) is 36.8 Å². The van der Waals surface area contributed by atoms with Gasteiger partial charge < -0.3 is 9.47 Å². The van der Waals surface area contributed by atoms with Crippen molar-refractivity contribution in [1.29, 1.82) is 0 Å². The summed E-state index contributed by atoms with van der Waals surface area (Å²) >= 11 is 0. The van der Waals surface area contributed by atoms with Gasteiger partial charge in [-0.15, -0.1) is 0 Å². The van der Waals surface area contributed by atoms with Crippen LogP contribution in [0.1, 0.15) is 18.6 Å². The second-order valence-electron chi connectivity index (χ2n) is 4.54. The normalized spacial score (nSPS) is 11.6. The Bertz CT molecular complexity index is 733. The lowest BCUT2D eigenvalue weighted by Gasteiger charge is -2.13. The third-order valence-electron chi connectivity index (χ3n) is 2.93. The Balaban J connectivity index is 1.98. The van der Waals surface area contributed by atoms with Gasteiger partial charge >= 0.3 is 6.16 Å². The molecule has 0 aromatic heterocycles. The van der Waals surface area contributed by atoms with Gasteiger partial charge in [0, 0.05) is 12.1 Å².